The molecule has 0 bridgehead atoms. The first-order chi connectivity index (χ1) is 12.1. The minimum Gasteiger partial charge on any atom is -0.479 e. The lowest BCUT2D eigenvalue weighted by molar-refractivity contribution is -0.150. The quantitative estimate of drug-likeness (QED) is 0.780. The molecule has 1 aromatic rings. The van der Waals surface area contributed by atoms with Gasteiger partial charge in [0.05, 0.1) is 0 Å². The van der Waals surface area contributed by atoms with Gasteiger partial charge in [-0.1, -0.05) is 42.5 Å². The zero-order chi connectivity index (χ0) is 17.7. The van der Waals surface area contributed by atoms with Gasteiger partial charge in [-0.2, -0.15) is 0 Å². The maximum atomic E-state index is 12.4. The molecule has 1 saturated heterocycles. The van der Waals surface area contributed by atoms with E-state index >= 15 is 0 Å². The Balaban J connectivity index is 1.65. The van der Waals surface area contributed by atoms with Gasteiger partial charge in [0.25, 0.3) is 0 Å². The number of carbonyl (C=O) groups excluding carboxylic acids is 1. The van der Waals surface area contributed by atoms with Crippen molar-refractivity contribution in [1.29, 1.82) is 0 Å². The van der Waals surface area contributed by atoms with Gasteiger partial charge in [0.1, 0.15) is 0 Å². The third-order valence-corrected chi connectivity index (χ3v) is 5.17. The second kappa shape index (κ2) is 7.83. The number of piperidine rings is 1. The minimum atomic E-state index is -1.17. The van der Waals surface area contributed by atoms with Gasteiger partial charge in [-0.15, -0.1) is 0 Å². The van der Waals surface area contributed by atoms with Crippen molar-refractivity contribution >= 4 is 11.9 Å². The zero-order valence-electron chi connectivity index (χ0n) is 14.5. The third-order valence-electron chi connectivity index (χ3n) is 5.17. The van der Waals surface area contributed by atoms with Gasteiger partial charge >= 0.3 is 5.97 Å². The summed E-state index contributed by atoms with van der Waals surface area (Å²) in [5, 5.41) is 12.7. The van der Waals surface area contributed by atoms with E-state index < -0.39 is 11.5 Å². The molecule has 25 heavy (non-hydrogen) atoms. The van der Waals surface area contributed by atoms with Crippen molar-refractivity contribution in [2.45, 2.75) is 44.2 Å². The van der Waals surface area contributed by atoms with Crippen molar-refractivity contribution in [3.63, 3.8) is 0 Å². The van der Waals surface area contributed by atoms with Crippen LogP contribution in [0, 0.1) is 5.92 Å². The van der Waals surface area contributed by atoms with E-state index in [4.69, 9.17) is 0 Å². The lowest BCUT2D eigenvalue weighted by Crippen LogP contribution is -2.63. The van der Waals surface area contributed by atoms with Crippen molar-refractivity contribution in [3.8, 4) is 0 Å². The monoisotopic (exact) mass is 342 g/mol. The largest absolute Gasteiger partial charge is 0.479 e. The number of carboxylic acids is 1. The molecule has 1 aliphatic heterocycles. The van der Waals surface area contributed by atoms with Crippen LogP contribution in [0.4, 0.5) is 0 Å². The molecule has 0 saturated carbocycles. The van der Waals surface area contributed by atoms with Gasteiger partial charge in [-0.05, 0) is 43.7 Å². The average Bonchev–Trinajstić information content (AvgIpc) is 3.08. The Hall–Kier alpha value is -2.14. The molecule has 5 heteroatoms. The lowest BCUT2D eigenvalue weighted by Gasteiger charge is -2.40. The molecule has 5 nitrogen and oxygen atoms in total. The van der Waals surface area contributed by atoms with Gasteiger partial charge in [-0.3, -0.25) is 9.69 Å². The van der Waals surface area contributed by atoms with Crippen molar-refractivity contribution in [2.75, 3.05) is 13.1 Å². The Morgan fingerprint density at radius 1 is 1.28 bits per heavy atom. The highest BCUT2D eigenvalue weighted by atomic mass is 16.4. The van der Waals surface area contributed by atoms with E-state index in [-0.39, 0.29) is 11.8 Å². The number of carbonyl (C=O) groups is 2. The molecular formula is C20H26N2O3. The fourth-order valence-electron chi connectivity index (χ4n) is 3.87. The van der Waals surface area contributed by atoms with E-state index in [9.17, 15) is 14.7 Å². The van der Waals surface area contributed by atoms with Crippen molar-refractivity contribution in [2.24, 2.45) is 5.92 Å². The van der Waals surface area contributed by atoms with Gasteiger partial charge in [-0.25, -0.2) is 4.79 Å². The summed E-state index contributed by atoms with van der Waals surface area (Å²) in [6, 6.07) is 10.0. The predicted molar refractivity (Wildman–Crippen MR) is 95.9 cm³/mol. The summed E-state index contributed by atoms with van der Waals surface area (Å²) < 4.78 is 0. The second-order valence-corrected chi connectivity index (χ2v) is 7.20. The molecule has 1 aromatic carbocycles. The van der Waals surface area contributed by atoms with Crippen LogP contribution in [-0.2, 0) is 16.1 Å². The van der Waals surface area contributed by atoms with Crippen LogP contribution >= 0.6 is 0 Å². The Kier molecular flexibility index (Phi) is 5.53. The fraction of sp³-hybridized carbons (Fsp3) is 0.500. The zero-order valence-corrected chi connectivity index (χ0v) is 14.5. The number of hydrogen-bond acceptors (Lipinski definition) is 3. The number of allylic oxidation sites excluding steroid dienone is 2. The molecule has 1 amide bonds. The second-order valence-electron chi connectivity index (χ2n) is 7.20. The van der Waals surface area contributed by atoms with Gasteiger partial charge in [0, 0.05) is 19.5 Å². The van der Waals surface area contributed by atoms with E-state index in [1.165, 1.54) is 0 Å². The molecule has 1 heterocycles. The molecular weight excluding hydrogens is 316 g/mol. The molecule has 0 radical (unpaired) electrons. The molecule has 0 aromatic heterocycles. The van der Waals surface area contributed by atoms with Crippen LogP contribution in [0.25, 0.3) is 0 Å². The summed E-state index contributed by atoms with van der Waals surface area (Å²) in [7, 11) is 0. The molecule has 2 unspecified atom stereocenters. The van der Waals surface area contributed by atoms with Crippen LogP contribution in [-0.4, -0.2) is 40.5 Å². The summed E-state index contributed by atoms with van der Waals surface area (Å²) in [6.07, 6.45) is 7.77. The molecule has 0 spiro atoms. The third kappa shape index (κ3) is 4.48. The number of benzene rings is 1. The smallest absolute Gasteiger partial charge is 0.330 e. The number of amides is 1. The number of nitrogens with zero attached hydrogens (tertiary/aromatic N) is 1. The molecule has 3 rings (SSSR count). The Labute approximate surface area is 148 Å². The summed E-state index contributed by atoms with van der Waals surface area (Å²) in [6.45, 7) is 1.91. The Bertz CT molecular complexity index is 644. The maximum Gasteiger partial charge on any atom is 0.330 e. The first-order valence-electron chi connectivity index (χ1n) is 9.05. The molecule has 2 atom stereocenters. The number of aliphatic carboxylic acids is 1. The first kappa shape index (κ1) is 17.7. The number of rotatable bonds is 6. The SMILES string of the molecule is O=C(CC1C=CCC1)NC1(C(=O)O)CCCN(Cc2ccccc2)C1. The Morgan fingerprint density at radius 3 is 2.76 bits per heavy atom. The first-order valence-corrected chi connectivity index (χ1v) is 9.05. The van der Waals surface area contributed by atoms with Crippen LogP contribution in [0.5, 0.6) is 0 Å². The fourth-order valence-corrected chi connectivity index (χ4v) is 3.87. The average molecular weight is 342 g/mol. The summed E-state index contributed by atoms with van der Waals surface area (Å²) in [5.41, 5.74) is -0.0157. The molecule has 134 valence electrons. The van der Waals surface area contributed by atoms with E-state index in [1.54, 1.807) is 0 Å². The summed E-state index contributed by atoms with van der Waals surface area (Å²) in [4.78, 5) is 26.5. The highest BCUT2D eigenvalue weighted by Crippen LogP contribution is 2.25. The van der Waals surface area contributed by atoms with Crippen LogP contribution in [0.2, 0.25) is 0 Å². The number of likely N-dealkylation sites (tertiary alicyclic amines) is 1. The summed E-state index contributed by atoms with van der Waals surface area (Å²) in [5.74, 6) is -0.837. The standard InChI is InChI=1S/C20H26N2O3/c23-18(13-16-7-4-5-8-16)21-20(19(24)25)11-6-12-22(15-20)14-17-9-2-1-3-10-17/h1-4,7,9-10,16H,5-6,8,11-15H2,(H,21,23)(H,24,25). The van der Waals surface area contributed by atoms with Crippen LogP contribution in [0.15, 0.2) is 42.5 Å². The molecule has 2 aliphatic rings. The summed E-state index contributed by atoms with van der Waals surface area (Å²) >= 11 is 0. The molecule has 1 fully saturated rings. The number of nitrogens with one attached hydrogen (secondary N) is 1. The van der Waals surface area contributed by atoms with Gasteiger partial charge < -0.3 is 10.4 Å². The number of hydrogen-bond donors (Lipinski definition) is 2. The van der Waals surface area contributed by atoms with Gasteiger partial charge in [0.2, 0.25) is 5.91 Å². The molecule has 1 aliphatic carbocycles. The van der Waals surface area contributed by atoms with E-state index in [0.717, 1.165) is 31.4 Å². The molecule has 2 N–H and O–H groups in total. The van der Waals surface area contributed by atoms with E-state index in [0.29, 0.717) is 25.9 Å². The van der Waals surface area contributed by atoms with Crippen molar-refractivity contribution in [3.05, 3.63) is 48.0 Å². The predicted octanol–water partition coefficient (Wildman–Crippen LogP) is 2.58. The lowest BCUT2D eigenvalue weighted by atomic mass is 9.88. The topological polar surface area (TPSA) is 69.6 Å². The van der Waals surface area contributed by atoms with E-state index in [2.05, 4.69) is 22.4 Å². The minimum absolute atomic E-state index is 0.152. The highest BCUT2D eigenvalue weighted by Gasteiger charge is 2.43. The van der Waals surface area contributed by atoms with Gasteiger partial charge in [0.15, 0.2) is 5.54 Å². The van der Waals surface area contributed by atoms with E-state index in [1.807, 2.05) is 30.3 Å². The number of carboxylic acid groups (broad SMARTS) is 1. The van der Waals surface area contributed by atoms with Crippen molar-refractivity contribution in [1.82, 2.24) is 10.2 Å². The van der Waals surface area contributed by atoms with Crippen LogP contribution in [0.1, 0.15) is 37.7 Å². The Morgan fingerprint density at radius 2 is 2.08 bits per heavy atom. The van der Waals surface area contributed by atoms with Crippen LogP contribution < -0.4 is 5.32 Å². The maximum absolute atomic E-state index is 12.4. The van der Waals surface area contributed by atoms with Crippen LogP contribution in [0.3, 0.4) is 0 Å². The highest BCUT2D eigenvalue weighted by molar-refractivity contribution is 5.87. The van der Waals surface area contributed by atoms with Crippen molar-refractivity contribution < 1.29 is 14.7 Å². The normalized spacial score (nSPS) is 26.5.